The standard InChI is InChI=1S/C16H30N6O4/c1-15(2,13-17-5-7-21(13)9-11-25-23)19-20-16(3,4)14-18-6-8-22(14)10-12-26-24/h23-24H,5-12H2,1-4H3. The number of amidine groups is 2. The summed E-state index contributed by atoms with van der Waals surface area (Å²) in [7, 11) is 0. The first kappa shape index (κ1) is 20.7. The van der Waals surface area contributed by atoms with Crippen molar-refractivity contribution < 1.29 is 20.3 Å². The summed E-state index contributed by atoms with van der Waals surface area (Å²) < 4.78 is 0. The Morgan fingerprint density at radius 2 is 1.23 bits per heavy atom. The van der Waals surface area contributed by atoms with Gasteiger partial charge in [-0.15, -0.1) is 0 Å². The lowest BCUT2D eigenvalue weighted by Crippen LogP contribution is -2.45. The highest BCUT2D eigenvalue weighted by Gasteiger charge is 2.36. The normalized spacial score (nSPS) is 18.8. The molecule has 10 nitrogen and oxygen atoms in total. The highest BCUT2D eigenvalue weighted by molar-refractivity contribution is 5.93. The molecule has 0 unspecified atom stereocenters. The summed E-state index contributed by atoms with van der Waals surface area (Å²) in [5.41, 5.74) is -1.19. The van der Waals surface area contributed by atoms with Gasteiger partial charge >= 0.3 is 0 Å². The van der Waals surface area contributed by atoms with Crippen molar-refractivity contribution in [1.82, 2.24) is 9.80 Å². The molecule has 148 valence electrons. The van der Waals surface area contributed by atoms with Gasteiger partial charge in [0.1, 0.15) is 22.7 Å². The van der Waals surface area contributed by atoms with E-state index in [1.54, 1.807) is 0 Å². The molecule has 0 aliphatic carbocycles. The maximum atomic E-state index is 8.58. The van der Waals surface area contributed by atoms with Gasteiger partial charge in [-0.3, -0.25) is 20.5 Å². The average Bonchev–Trinajstić information content (AvgIpc) is 3.26. The summed E-state index contributed by atoms with van der Waals surface area (Å²) in [6.07, 6.45) is 0. The van der Waals surface area contributed by atoms with Gasteiger partial charge in [-0.25, -0.2) is 9.78 Å². The Morgan fingerprint density at radius 1 is 0.846 bits per heavy atom. The average molecular weight is 370 g/mol. The zero-order valence-electron chi connectivity index (χ0n) is 16.1. The van der Waals surface area contributed by atoms with Crippen molar-refractivity contribution in [3.8, 4) is 0 Å². The Labute approximate surface area is 154 Å². The fourth-order valence-electron chi connectivity index (χ4n) is 3.20. The third kappa shape index (κ3) is 4.97. The molecule has 0 aromatic carbocycles. The fourth-order valence-corrected chi connectivity index (χ4v) is 3.20. The molecule has 0 amide bonds. The predicted octanol–water partition coefficient (Wildman–Crippen LogP) is 1.40. The molecule has 0 aromatic heterocycles. The van der Waals surface area contributed by atoms with E-state index in [1.807, 2.05) is 27.7 Å². The summed E-state index contributed by atoms with van der Waals surface area (Å²) >= 11 is 0. The van der Waals surface area contributed by atoms with Crippen LogP contribution in [0.1, 0.15) is 27.7 Å². The molecule has 0 saturated carbocycles. The second-order valence-corrected chi connectivity index (χ2v) is 7.37. The third-order valence-corrected chi connectivity index (χ3v) is 4.41. The van der Waals surface area contributed by atoms with Crippen LogP contribution in [0.5, 0.6) is 0 Å². The molecule has 0 bridgehead atoms. The Hall–Kier alpha value is -1.62. The fraction of sp³-hybridized carbons (Fsp3) is 0.875. The number of hydrogen-bond acceptors (Lipinski definition) is 10. The minimum absolute atomic E-state index is 0.219. The zero-order valence-corrected chi connectivity index (χ0v) is 16.1. The van der Waals surface area contributed by atoms with E-state index in [9.17, 15) is 0 Å². The number of nitrogens with zero attached hydrogens (tertiary/aromatic N) is 6. The van der Waals surface area contributed by atoms with Gasteiger partial charge in [0, 0.05) is 26.2 Å². The monoisotopic (exact) mass is 370 g/mol. The molecule has 0 spiro atoms. The molecule has 0 fully saturated rings. The lowest BCUT2D eigenvalue weighted by molar-refractivity contribution is -0.242. The van der Waals surface area contributed by atoms with Gasteiger partial charge < -0.3 is 9.80 Å². The summed E-state index contributed by atoms with van der Waals surface area (Å²) in [5, 5.41) is 26.3. The van der Waals surface area contributed by atoms with Crippen LogP contribution in [0.3, 0.4) is 0 Å². The van der Waals surface area contributed by atoms with E-state index in [2.05, 4.69) is 39.8 Å². The molecule has 2 aliphatic heterocycles. The lowest BCUT2D eigenvalue weighted by Gasteiger charge is -2.31. The molecular formula is C16H30N6O4. The third-order valence-electron chi connectivity index (χ3n) is 4.41. The molecule has 26 heavy (non-hydrogen) atoms. The van der Waals surface area contributed by atoms with Crippen molar-refractivity contribution in [3.63, 3.8) is 0 Å². The molecule has 2 heterocycles. The lowest BCUT2D eigenvalue weighted by atomic mass is 10.0. The van der Waals surface area contributed by atoms with E-state index in [0.717, 1.165) is 24.8 Å². The van der Waals surface area contributed by atoms with Crippen LogP contribution in [0.4, 0.5) is 0 Å². The van der Waals surface area contributed by atoms with Crippen LogP contribution in [-0.4, -0.2) is 95.5 Å². The zero-order chi connectivity index (χ0) is 19.2. The second-order valence-electron chi connectivity index (χ2n) is 7.37. The number of hydrogen-bond donors (Lipinski definition) is 2. The topological polar surface area (TPSA) is 115 Å². The Morgan fingerprint density at radius 3 is 1.58 bits per heavy atom. The van der Waals surface area contributed by atoms with Gasteiger partial charge in [-0.1, -0.05) is 0 Å². The molecular weight excluding hydrogens is 340 g/mol. The molecule has 0 aromatic rings. The summed E-state index contributed by atoms with van der Waals surface area (Å²) in [5.74, 6) is 1.68. The van der Waals surface area contributed by atoms with E-state index in [-0.39, 0.29) is 13.2 Å². The van der Waals surface area contributed by atoms with E-state index < -0.39 is 11.1 Å². The Kier molecular flexibility index (Phi) is 7.04. The van der Waals surface area contributed by atoms with Crippen LogP contribution in [0.15, 0.2) is 20.2 Å². The largest absolute Gasteiger partial charge is 0.354 e. The van der Waals surface area contributed by atoms with Crippen LogP contribution in [0.2, 0.25) is 0 Å². The van der Waals surface area contributed by atoms with Gasteiger partial charge in [-0.2, -0.15) is 10.2 Å². The van der Waals surface area contributed by atoms with Gasteiger partial charge in [0.25, 0.3) is 0 Å². The van der Waals surface area contributed by atoms with Crippen LogP contribution in [-0.2, 0) is 9.78 Å². The van der Waals surface area contributed by atoms with Gasteiger partial charge in [-0.05, 0) is 27.7 Å². The molecule has 0 atom stereocenters. The van der Waals surface area contributed by atoms with Crippen molar-refractivity contribution in [1.29, 1.82) is 0 Å². The van der Waals surface area contributed by atoms with Crippen molar-refractivity contribution >= 4 is 11.7 Å². The maximum Gasteiger partial charge on any atom is 0.133 e. The van der Waals surface area contributed by atoms with Crippen molar-refractivity contribution in [2.45, 2.75) is 38.8 Å². The van der Waals surface area contributed by atoms with E-state index in [4.69, 9.17) is 10.5 Å². The van der Waals surface area contributed by atoms with E-state index >= 15 is 0 Å². The van der Waals surface area contributed by atoms with Crippen LogP contribution < -0.4 is 0 Å². The number of rotatable bonds is 10. The second kappa shape index (κ2) is 8.85. The quantitative estimate of drug-likeness (QED) is 0.341. The van der Waals surface area contributed by atoms with E-state index in [1.165, 1.54) is 0 Å². The van der Waals surface area contributed by atoms with Crippen molar-refractivity contribution in [2.24, 2.45) is 20.2 Å². The van der Waals surface area contributed by atoms with E-state index in [0.29, 0.717) is 26.2 Å². The van der Waals surface area contributed by atoms with Crippen LogP contribution in [0, 0.1) is 0 Å². The minimum Gasteiger partial charge on any atom is -0.354 e. The molecule has 2 rings (SSSR count). The molecule has 2 aliphatic rings. The first-order valence-corrected chi connectivity index (χ1v) is 8.88. The molecule has 2 N–H and O–H groups in total. The van der Waals surface area contributed by atoms with Gasteiger partial charge in [0.05, 0.1) is 26.3 Å². The first-order valence-electron chi connectivity index (χ1n) is 8.88. The van der Waals surface area contributed by atoms with Gasteiger partial charge in [0.15, 0.2) is 0 Å². The molecule has 10 heteroatoms. The van der Waals surface area contributed by atoms with Crippen molar-refractivity contribution in [3.05, 3.63) is 0 Å². The van der Waals surface area contributed by atoms with Crippen LogP contribution in [0.25, 0.3) is 0 Å². The first-order chi connectivity index (χ1) is 12.3. The number of azo groups is 1. The summed E-state index contributed by atoms with van der Waals surface area (Å²) in [6, 6.07) is 0. The minimum atomic E-state index is -0.596. The molecule has 0 radical (unpaired) electrons. The van der Waals surface area contributed by atoms with Gasteiger partial charge in [0.2, 0.25) is 0 Å². The Balaban J connectivity index is 2.08. The summed E-state index contributed by atoms with van der Waals surface area (Å²) in [6.45, 7) is 12.4. The highest BCUT2D eigenvalue weighted by atomic mass is 17.1. The number of aliphatic imine (C=N–C) groups is 2. The predicted molar refractivity (Wildman–Crippen MR) is 97.9 cm³/mol. The Bertz CT molecular complexity index is 513. The molecule has 0 saturated heterocycles. The van der Waals surface area contributed by atoms with Crippen molar-refractivity contribution in [2.75, 3.05) is 52.5 Å². The maximum absolute atomic E-state index is 8.58. The smallest absolute Gasteiger partial charge is 0.133 e. The van der Waals surface area contributed by atoms with Crippen LogP contribution >= 0.6 is 0 Å². The summed E-state index contributed by atoms with van der Waals surface area (Å²) in [4.78, 5) is 21.6. The highest BCUT2D eigenvalue weighted by Crippen LogP contribution is 2.24. The SMILES string of the molecule is CC(C)(N=NC(C)(C)C1=NCCN1CCOO)C1=NCCN1CCOO.